The average molecular weight is 488 g/mol. The third kappa shape index (κ3) is 5.60. The maximum atomic E-state index is 13.1. The summed E-state index contributed by atoms with van der Waals surface area (Å²) in [4.78, 5) is 42.7. The van der Waals surface area contributed by atoms with E-state index in [4.69, 9.17) is 4.74 Å². The zero-order valence-corrected chi connectivity index (χ0v) is 21.3. The molecule has 7 nitrogen and oxygen atoms in total. The minimum absolute atomic E-state index is 0.184. The van der Waals surface area contributed by atoms with Gasteiger partial charge in [0.1, 0.15) is 17.5 Å². The second kappa shape index (κ2) is 10.7. The molecule has 3 aliphatic rings. The number of fused-ring (bicyclic) bond motifs is 1. The molecule has 4 rings (SSSR count). The first-order valence-electron chi connectivity index (χ1n) is 12.5. The van der Waals surface area contributed by atoms with Crippen LogP contribution in [0.25, 0.3) is 0 Å². The van der Waals surface area contributed by atoms with Crippen molar-refractivity contribution in [1.29, 1.82) is 0 Å². The van der Waals surface area contributed by atoms with E-state index in [1.165, 1.54) is 32.4 Å². The predicted molar refractivity (Wildman–Crippen MR) is 133 cm³/mol. The van der Waals surface area contributed by atoms with Gasteiger partial charge in [-0.3, -0.25) is 9.59 Å². The molecule has 0 spiro atoms. The highest BCUT2D eigenvalue weighted by Gasteiger charge is 2.64. The van der Waals surface area contributed by atoms with Crippen LogP contribution in [-0.4, -0.2) is 75.5 Å². The van der Waals surface area contributed by atoms with E-state index in [0.717, 1.165) is 24.9 Å². The number of rotatable bonds is 9. The Bertz CT molecular complexity index is 887. The van der Waals surface area contributed by atoms with Crippen molar-refractivity contribution >= 4 is 29.5 Å². The molecule has 3 heterocycles. The number of esters is 1. The first-order valence-corrected chi connectivity index (χ1v) is 13.4. The third-order valence-electron chi connectivity index (χ3n) is 7.04. The molecule has 0 radical (unpaired) electrons. The van der Waals surface area contributed by atoms with E-state index in [1.807, 2.05) is 51.1 Å². The summed E-state index contributed by atoms with van der Waals surface area (Å²) < 4.78 is 5.32. The smallest absolute Gasteiger partial charge is 0.330 e. The minimum Gasteiger partial charge on any atom is -0.461 e. The van der Waals surface area contributed by atoms with E-state index < -0.39 is 16.8 Å². The molecule has 1 N–H and O–H groups in total. The maximum Gasteiger partial charge on any atom is 0.330 e. The van der Waals surface area contributed by atoms with Crippen LogP contribution in [-0.2, 0) is 25.5 Å². The van der Waals surface area contributed by atoms with Gasteiger partial charge in [0.2, 0.25) is 11.8 Å². The summed E-state index contributed by atoms with van der Waals surface area (Å²) in [6, 6.07) is 8.23. The van der Waals surface area contributed by atoms with Crippen LogP contribution in [0.4, 0.5) is 0 Å². The lowest BCUT2D eigenvalue weighted by Gasteiger charge is -2.44. The number of amides is 2. The van der Waals surface area contributed by atoms with Gasteiger partial charge in [0, 0.05) is 4.75 Å². The molecule has 0 aromatic heterocycles. The Kier molecular flexibility index (Phi) is 7.87. The third-order valence-corrected chi connectivity index (χ3v) is 8.61. The molecule has 186 valence electrons. The van der Waals surface area contributed by atoms with Crippen molar-refractivity contribution in [3.8, 4) is 0 Å². The van der Waals surface area contributed by atoms with E-state index in [1.54, 1.807) is 16.7 Å². The molecule has 8 heteroatoms. The van der Waals surface area contributed by atoms with Crippen molar-refractivity contribution in [2.45, 2.75) is 87.6 Å². The quantitative estimate of drug-likeness (QED) is 0.426. The summed E-state index contributed by atoms with van der Waals surface area (Å²) in [6.45, 7) is 9.26. The van der Waals surface area contributed by atoms with Crippen molar-refractivity contribution < 1.29 is 19.1 Å². The average Bonchev–Trinajstić information content (AvgIpc) is 3.06. The number of benzene rings is 1. The van der Waals surface area contributed by atoms with Gasteiger partial charge in [-0.2, -0.15) is 0 Å². The number of ether oxygens (including phenoxy) is 1. The Balaban J connectivity index is 1.27. The van der Waals surface area contributed by atoms with Gasteiger partial charge in [0.05, 0.1) is 12.5 Å². The summed E-state index contributed by atoms with van der Waals surface area (Å²) in [7, 11) is 0. The largest absolute Gasteiger partial charge is 0.461 e. The molecule has 0 bridgehead atoms. The van der Waals surface area contributed by atoms with Crippen LogP contribution >= 0.6 is 11.8 Å². The number of thioether (sulfide) groups is 1. The number of β-lactam (4-membered cyclic amide) rings is 1. The van der Waals surface area contributed by atoms with E-state index in [9.17, 15) is 14.4 Å². The summed E-state index contributed by atoms with van der Waals surface area (Å²) >= 11 is 1.56. The molecule has 3 saturated heterocycles. The lowest BCUT2D eigenvalue weighted by atomic mass is 9.95. The van der Waals surface area contributed by atoms with Crippen LogP contribution in [0, 0.1) is 0 Å². The van der Waals surface area contributed by atoms with E-state index in [2.05, 4.69) is 10.2 Å². The lowest BCUT2D eigenvalue weighted by Crippen LogP contribution is -2.70. The number of piperidine rings is 1. The zero-order chi connectivity index (χ0) is 24.3. The van der Waals surface area contributed by atoms with Gasteiger partial charge in [-0.25, -0.2) is 4.79 Å². The van der Waals surface area contributed by atoms with Gasteiger partial charge < -0.3 is 19.9 Å². The summed E-state index contributed by atoms with van der Waals surface area (Å²) in [5.41, 5.74) is 0.902. The Labute approximate surface area is 207 Å². The first kappa shape index (κ1) is 25.0. The van der Waals surface area contributed by atoms with Crippen LogP contribution in [0.2, 0.25) is 0 Å². The van der Waals surface area contributed by atoms with Crippen molar-refractivity contribution in [2.75, 3.05) is 19.6 Å². The van der Waals surface area contributed by atoms with Crippen molar-refractivity contribution in [3.05, 3.63) is 35.9 Å². The monoisotopic (exact) mass is 487 g/mol. The fraction of sp³-hybridized carbons (Fsp3) is 0.654. The Morgan fingerprint density at radius 1 is 1.18 bits per heavy atom. The number of likely N-dealkylation sites (tertiary alicyclic amines) is 1. The number of carbonyl (C=O) groups excluding carboxylic acids is 3. The van der Waals surface area contributed by atoms with Gasteiger partial charge in [0.15, 0.2) is 0 Å². The molecule has 2 amide bonds. The summed E-state index contributed by atoms with van der Waals surface area (Å²) in [5.74, 6) is -0.729. The Morgan fingerprint density at radius 3 is 2.59 bits per heavy atom. The number of nitrogens with zero attached hydrogens (tertiary/aromatic N) is 2. The molecule has 1 unspecified atom stereocenters. The molecular weight excluding hydrogens is 450 g/mol. The molecule has 0 saturated carbocycles. The Hall–Kier alpha value is -2.06. The summed E-state index contributed by atoms with van der Waals surface area (Å²) in [5, 5.41) is 2.63. The van der Waals surface area contributed by atoms with Crippen LogP contribution in [0.3, 0.4) is 0 Å². The number of hydrogen-bond donors (Lipinski definition) is 1. The van der Waals surface area contributed by atoms with Crippen LogP contribution < -0.4 is 5.32 Å². The van der Waals surface area contributed by atoms with Gasteiger partial charge in [0.25, 0.3) is 0 Å². The number of carbonyl (C=O) groups is 3. The zero-order valence-electron chi connectivity index (χ0n) is 20.5. The molecule has 34 heavy (non-hydrogen) atoms. The second-order valence-electron chi connectivity index (χ2n) is 10.3. The van der Waals surface area contributed by atoms with Crippen LogP contribution in [0.1, 0.15) is 58.4 Å². The standard InChI is InChI=1S/C26H37N3O4S/c1-18(11-10-16-28-14-8-5-9-15-28)33-25(32)22-26(2,3)34-24-21(23(31)29(22)24)27-20(30)17-19-12-6-4-7-13-19/h4,6-7,12-13,18,21-22,24H,5,8-11,14-17H2,1-3H3,(H,27,30)/t18?,21-,22+,24-/m1/s1. The highest BCUT2D eigenvalue weighted by Crippen LogP contribution is 2.51. The second-order valence-corrected chi connectivity index (χ2v) is 12.0. The molecule has 3 fully saturated rings. The number of hydrogen-bond acceptors (Lipinski definition) is 6. The van der Waals surface area contributed by atoms with Gasteiger partial charge in [-0.05, 0) is 71.7 Å². The Morgan fingerprint density at radius 2 is 1.88 bits per heavy atom. The van der Waals surface area contributed by atoms with Gasteiger partial charge >= 0.3 is 5.97 Å². The molecule has 1 aromatic carbocycles. The topological polar surface area (TPSA) is 79.0 Å². The van der Waals surface area contributed by atoms with Crippen LogP contribution in [0.5, 0.6) is 0 Å². The fourth-order valence-corrected chi connectivity index (χ4v) is 6.86. The summed E-state index contributed by atoms with van der Waals surface area (Å²) in [6.07, 6.45) is 5.74. The predicted octanol–water partition coefficient (Wildman–Crippen LogP) is 2.97. The molecule has 0 aliphatic carbocycles. The van der Waals surface area contributed by atoms with Gasteiger partial charge in [-0.15, -0.1) is 11.8 Å². The molecular formula is C26H37N3O4S. The number of nitrogens with one attached hydrogen (secondary N) is 1. The lowest BCUT2D eigenvalue weighted by molar-refractivity contribution is -0.167. The fourth-order valence-electron chi connectivity index (χ4n) is 5.24. The van der Waals surface area contributed by atoms with Crippen molar-refractivity contribution in [2.24, 2.45) is 0 Å². The van der Waals surface area contributed by atoms with E-state index in [-0.39, 0.29) is 35.7 Å². The van der Waals surface area contributed by atoms with Gasteiger partial charge in [-0.1, -0.05) is 36.8 Å². The first-order chi connectivity index (χ1) is 16.3. The maximum absolute atomic E-state index is 13.1. The minimum atomic E-state index is -0.637. The van der Waals surface area contributed by atoms with Crippen molar-refractivity contribution in [3.63, 3.8) is 0 Å². The van der Waals surface area contributed by atoms with E-state index >= 15 is 0 Å². The highest BCUT2D eigenvalue weighted by atomic mass is 32.2. The SMILES string of the molecule is CC(CCCN1CCCCC1)OC(=O)[C@@H]1N2C(=O)[C@@H](NC(=O)Cc3ccccc3)[C@H]2SC1(C)C. The van der Waals surface area contributed by atoms with Crippen molar-refractivity contribution in [1.82, 2.24) is 15.1 Å². The highest BCUT2D eigenvalue weighted by molar-refractivity contribution is 8.01. The normalized spacial score (nSPS) is 27.0. The molecule has 1 aromatic rings. The van der Waals surface area contributed by atoms with Crippen LogP contribution in [0.15, 0.2) is 30.3 Å². The molecule has 4 atom stereocenters. The molecule has 3 aliphatic heterocycles. The van der Waals surface area contributed by atoms with E-state index in [0.29, 0.717) is 0 Å².